The van der Waals surface area contributed by atoms with Gasteiger partial charge in [-0.1, -0.05) is 0 Å². The number of hydrogen-bond donors (Lipinski definition) is 1. The molecule has 1 fully saturated rings. The predicted octanol–water partition coefficient (Wildman–Crippen LogP) is 1.74. The lowest BCUT2D eigenvalue weighted by Crippen LogP contribution is -2.08. The minimum atomic E-state index is 0.477. The first kappa shape index (κ1) is 9.09. The van der Waals surface area contributed by atoms with Gasteiger partial charge in [0.15, 0.2) is 5.89 Å². The molecule has 0 bridgehead atoms. The number of rotatable bonds is 2. The Bertz CT molecular complexity index is 268. The molecule has 0 amide bonds. The van der Waals surface area contributed by atoms with Crippen molar-refractivity contribution in [1.29, 1.82) is 0 Å². The van der Waals surface area contributed by atoms with Crippen molar-refractivity contribution in [2.45, 2.75) is 25.3 Å². The maximum Gasteiger partial charge on any atom is 0.197 e. The fourth-order valence-electron chi connectivity index (χ4n) is 1.55. The van der Waals surface area contributed by atoms with Crippen molar-refractivity contribution in [3.63, 3.8) is 0 Å². The van der Waals surface area contributed by atoms with Gasteiger partial charge in [0.1, 0.15) is 6.26 Å². The molecule has 0 saturated carbocycles. The molecule has 1 saturated heterocycles. The van der Waals surface area contributed by atoms with E-state index in [2.05, 4.69) is 4.98 Å². The zero-order valence-corrected chi connectivity index (χ0v) is 8.35. The van der Waals surface area contributed by atoms with Crippen LogP contribution in [0.4, 0.5) is 0 Å². The summed E-state index contributed by atoms with van der Waals surface area (Å²) in [5, 5.41) is 0. The van der Waals surface area contributed by atoms with Gasteiger partial charge in [-0.15, -0.1) is 0 Å². The summed E-state index contributed by atoms with van der Waals surface area (Å²) in [6.45, 7) is 0.477. The molecule has 13 heavy (non-hydrogen) atoms. The zero-order valence-electron chi connectivity index (χ0n) is 7.53. The molecule has 2 N–H and O–H groups in total. The second-order valence-corrected chi connectivity index (χ2v) is 4.49. The van der Waals surface area contributed by atoms with E-state index in [0.29, 0.717) is 12.5 Å². The number of aromatic nitrogens is 1. The Kier molecular flexibility index (Phi) is 2.90. The average Bonchev–Trinajstić information content (AvgIpc) is 2.67. The van der Waals surface area contributed by atoms with Crippen LogP contribution in [0, 0.1) is 0 Å². The van der Waals surface area contributed by atoms with Gasteiger partial charge in [-0.2, -0.15) is 11.8 Å². The maximum absolute atomic E-state index is 5.47. The Labute approximate surface area is 82.1 Å². The highest BCUT2D eigenvalue weighted by atomic mass is 32.2. The Balaban J connectivity index is 2.05. The van der Waals surface area contributed by atoms with E-state index in [9.17, 15) is 0 Å². The summed E-state index contributed by atoms with van der Waals surface area (Å²) in [5.41, 5.74) is 6.33. The van der Waals surface area contributed by atoms with Gasteiger partial charge >= 0.3 is 0 Å². The van der Waals surface area contributed by atoms with Gasteiger partial charge in [-0.05, 0) is 24.3 Å². The molecular weight excluding hydrogens is 184 g/mol. The van der Waals surface area contributed by atoms with Gasteiger partial charge in [0, 0.05) is 12.5 Å². The molecule has 0 atom stereocenters. The molecular formula is C9H14N2OS. The molecule has 0 spiro atoms. The number of hydrogen-bond acceptors (Lipinski definition) is 4. The van der Waals surface area contributed by atoms with E-state index in [1.54, 1.807) is 6.26 Å². The third-order valence-electron chi connectivity index (χ3n) is 2.35. The summed E-state index contributed by atoms with van der Waals surface area (Å²) < 4.78 is 5.39. The summed E-state index contributed by atoms with van der Waals surface area (Å²) in [6, 6.07) is 0. The SMILES string of the molecule is NCc1coc(C2CCSCC2)n1. The largest absolute Gasteiger partial charge is 0.448 e. The summed E-state index contributed by atoms with van der Waals surface area (Å²) in [4.78, 5) is 4.35. The number of oxazole rings is 1. The van der Waals surface area contributed by atoms with Crippen LogP contribution in [0.15, 0.2) is 10.7 Å². The van der Waals surface area contributed by atoms with Crippen LogP contribution in [0.2, 0.25) is 0 Å². The van der Waals surface area contributed by atoms with E-state index in [-0.39, 0.29) is 0 Å². The fourth-order valence-corrected chi connectivity index (χ4v) is 2.65. The molecule has 2 heterocycles. The van der Waals surface area contributed by atoms with Gasteiger partial charge < -0.3 is 10.2 Å². The molecule has 2 rings (SSSR count). The predicted molar refractivity (Wildman–Crippen MR) is 53.7 cm³/mol. The standard InChI is InChI=1S/C9H14N2OS/c10-5-8-6-12-9(11-8)7-1-3-13-4-2-7/h6-7H,1-5,10H2. The summed E-state index contributed by atoms with van der Waals surface area (Å²) >= 11 is 2.01. The quantitative estimate of drug-likeness (QED) is 0.786. The van der Waals surface area contributed by atoms with Gasteiger partial charge in [-0.25, -0.2) is 4.98 Å². The Hall–Kier alpha value is -0.480. The third-order valence-corrected chi connectivity index (χ3v) is 3.40. The van der Waals surface area contributed by atoms with Crippen LogP contribution in [0.3, 0.4) is 0 Å². The number of nitrogens with zero attached hydrogens (tertiary/aromatic N) is 1. The summed E-state index contributed by atoms with van der Waals surface area (Å²) in [5.74, 6) is 3.87. The molecule has 1 aliphatic heterocycles. The first-order valence-electron chi connectivity index (χ1n) is 4.62. The molecule has 72 valence electrons. The molecule has 4 heteroatoms. The van der Waals surface area contributed by atoms with Crippen LogP contribution in [0.25, 0.3) is 0 Å². The third kappa shape index (κ3) is 2.06. The molecule has 0 aromatic carbocycles. The van der Waals surface area contributed by atoms with E-state index in [0.717, 1.165) is 11.6 Å². The topological polar surface area (TPSA) is 52.0 Å². The fraction of sp³-hybridized carbons (Fsp3) is 0.667. The first-order chi connectivity index (χ1) is 6.40. The minimum absolute atomic E-state index is 0.477. The maximum atomic E-state index is 5.47. The summed E-state index contributed by atoms with van der Waals surface area (Å²) in [6.07, 6.45) is 4.06. The Morgan fingerprint density at radius 3 is 2.92 bits per heavy atom. The van der Waals surface area contributed by atoms with Gasteiger partial charge in [-0.3, -0.25) is 0 Å². The zero-order chi connectivity index (χ0) is 9.10. The van der Waals surface area contributed by atoms with Crippen molar-refractivity contribution in [2.75, 3.05) is 11.5 Å². The number of thioether (sulfide) groups is 1. The van der Waals surface area contributed by atoms with Gasteiger partial charge in [0.05, 0.1) is 5.69 Å². The molecule has 1 aromatic rings. The Morgan fingerprint density at radius 2 is 2.31 bits per heavy atom. The van der Waals surface area contributed by atoms with Crippen molar-refractivity contribution in [1.82, 2.24) is 4.98 Å². The van der Waals surface area contributed by atoms with E-state index >= 15 is 0 Å². The van der Waals surface area contributed by atoms with Crippen LogP contribution in [0.5, 0.6) is 0 Å². The van der Waals surface area contributed by atoms with Crippen LogP contribution in [0.1, 0.15) is 30.3 Å². The van der Waals surface area contributed by atoms with Crippen molar-refractivity contribution >= 4 is 11.8 Å². The lowest BCUT2D eigenvalue weighted by Gasteiger charge is -2.17. The van der Waals surface area contributed by atoms with Crippen molar-refractivity contribution in [3.05, 3.63) is 17.8 Å². The average molecular weight is 198 g/mol. The lowest BCUT2D eigenvalue weighted by molar-refractivity contribution is 0.430. The molecule has 0 radical (unpaired) electrons. The van der Waals surface area contributed by atoms with E-state index in [1.165, 1.54) is 24.3 Å². The second kappa shape index (κ2) is 4.15. The Morgan fingerprint density at radius 1 is 1.54 bits per heavy atom. The highest BCUT2D eigenvalue weighted by Gasteiger charge is 2.20. The molecule has 0 unspecified atom stereocenters. The first-order valence-corrected chi connectivity index (χ1v) is 5.77. The van der Waals surface area contributed by atoms with Crippen molar-refractivity contribution in [3.8, 4) is 0 Å². The van der Waals surface area contributed by atoms with Crippen LogP contribution >= 0.6 is 11.8 Å². The highest BCUT2D eigenvalue weighted by molar-refractivity contribution is 7.99. The van der Waals surface area contributed by atoms with Gasteiger partial charge in [0.25, 0.3) is 0 Å². The van der Waals surface area contributed by atoms with Crippen LogP contribution in [-0.2, 0) is 6.54 Å². The monoisotopic (exact) mass is 198 g/mol. The van der Waals surface area contributed by atoms with E-state index < -0.39 is 0 Å². The van der Waals surface area contributed by atoms with E-state index in [4.69, 9.17) is 10.2 Å². The molecule has 0 aliphatic carbocycles. The lowest BCUT2D eigenvalue weighted by atomic mass is 10.0. The second-order valence-electron chi connectivity index (χ2n) is 3.27. The number of nitrogens with two attached hydrogens (primary N) is 1. The van der Waals surface area contributed by atoms with Crippen LogP contribution in [-0.4, -0.2) is 16.5 Å². The van der Waals surface area contributed by atoms with Crippen molar-refractivity contribution < 1.29 is 4.42 Å². The highest BCUT2D eigenvalue weighted by Crippen LogP contribution is 2.30. The van der Waals surface area contributed by atoms with Crippen molar-refractivity contribution in [2.24, 2.45) is 5.73 Å². The molecule has 1 aromatic heterocycles. The molecule has 1 aliphatic rings. The van der Waals surface area contributed by atoms with E-state index in [1.807, 2.05) is 11.8 Å². The smallest absolute Gasteiger partial charge is 0.197 e. The minimum Gasteiger partial charge on any atom is -0.448 e. The van der Waals surface area contributed by atoms with Crippen LogP contribution < -0.4 is 5.73 Å². The normalized spacial score (nSPS) is 19.2. The summed E-state index contributed by atoms with van der Waals surface area (Å²) in [7, 11) is 0. The molecule has 3 nitrogen and oxygen atoms in total. The van der Waals surface area contributed by atoms with Gasteiger partial charge in [0.2, 0.25) is 0 Å².